The average Bonchev–Trinajstić information content (AvgIpc) is 2.77. The summed E-state index contributed by atoms with van der Waals surface area (Å²) in [5.41, 5.74) is 0.477. The quantitative estimate of drug-likeness (QED) is 0.562. The molecular formula is C13H18BF4N2-. The van der Waals surface area contributed by atoms with Crippen LogP contribution in [-0.4, -0.2) is 16.8 Å². The van der Waals surface area contributed by atoms with Gasteiger partial charge < -0.3 is 21.8 Å². The van der Waals surface area contributed by atoms with E-state index in [-0.39, 0.29) is 0 Å². The summed E-state index contributed by atoms with van der Waals surface area (Å²) >= 11 is 0. The van der Waals surface area contributed by atoms with Crippen LogP contribution in [0.3, 0.4) is 0 Å². The zero-order chi connectivity index (χ0) is 14.4. The Morgan fingerprint density at radius 2 is 1.40 bits per heavy atom. The van der Waals surface area contributed by atoms with E-state index >= 15 is 0 Å². The van der Waals surface area contributed by atoms with Crippen molar-refractivity contribution < 1.29 is 17.3 Å². The molecule has 1 aromatic heterocycles. The number of imidazole rings is 1. The summed E-state index contributed by atoms with van der Waals surface area (Å²) in [6.07, 6.45) is 15.0. The largest absolute Gasteiger partial charge is 0.673 e. The van der Waals surface area contributed by atoms with Gasteiger partial charge in [0.05, 0.1) is 6.33 Å². The molecule has 4 aliphatic carbocycles. The first-order valence-electron chi connectivity index (χ1n) is 7.20. The third kappa shape index (κ3) is 2.86. The molecular weight excluding hydrogens is 271 g/mol. The van der Waals surface area contributed by atoms with Crippen LogP contribution in [0.1, 0.15) is 38.5 Å². The molecule has 20 heavy (non-hydrogen) atoms. The molecule has 7 heteroatoms. The zero-order valence-corrected chi connectivity index (χ0v) is 11.2. The Morgan fingerprint density at radius 1 is 0.950 bits per heavy atom. The Labute approximate surface area is 115 Å². The van der Waals surface area contributed by atoms with Crippen LogP contribution in [0.4, 0.5) is 17.3 Å². The minimum Gasteiger partial charge on any atom is -0.418 e. The highest BCUT2D eigenvalue weighted by molar-refractivity contribution is 6.50. The van der Waals surface area contributed by atoms with Crippen LogP contribution >= 0.6 is 0 Å². The van der Waals surface area contributed by atoms with Crippen LogP contribution in [0.15, 0.2) is 18.7 Å². The molecule has 4 bridgehead atoms. The second-order valence-electron chi connectivity index (χ2n) is 6.61. The van der Waals surface area contributed by atoms with Crippen molar-refractivity contribution in [2.24, 2.45) is 17.8 Å². The molecule has 0 unspecified atom stereocenters. The summed E-state index contributed by atoms with van der Waals surface area (Å²) in [7, 11) is -6.00. The highest BCUT2D eigenvalue weighted by Crippen LogP contribution is 2.58. The molecule has 4 fully saturated rings. The maximum Gasteiger partial charge on any atom is 0.673 e. The molecule has 0 N–H and O–H groups in total. The maximum atomic E-state index is 9.75. The Balaban J connectivity index is 0.000000213. The average molecular weight is 289 g/mol. The van der Waals surface area contributed by atoms with E-state index in [9.17, 15) is 17.3 Å². The van der Waals surface area contributed by atoms with Crippen molar-refractivity contribution in [1.82, 2.24) is 9.55 Å². The number of hydrogen-bond donors (Lipinski definition) is 0. The van der Waals surface area contributed by atoms with Crippen molar-refractivity contribution in [3.63, 3.8) is 0 Å². The lowest BCUT2D eigenvalue weighted by Crippen LogP contribution is -2.51. The van der Waals surface area contributed by atoms with Gasteiger partial charge in [-0.3, -0.25) is 0 Å². The summed E-state index contributed by atoms with van der Waals surface area (Å²) < 4.78 is 41.4. The summed E-state index contributed by atoms with van der Waals surface area (Å²) in [6.45, 7) is 0. The van der Waals surface area contributed by atoms with Crippen LogP contribution in [0.25, 0.3) is 0 Å². The molecule has 0 aliphatic heterocycles. The lowest BCUT2D eigenvalue weighted by Gasteiger charge is -2.57. The number of nitrogens with zero attached hydrogens (tertiary/aromatic N) is 2. The molecule has 1 heterocycles. The predicted molar refractivity (Wildman–Crippen MR) is 68.6 cm³/mol. The molecule has 0 aromatic carbocycles. The van der Waals surface area contributed by atoms with Crippen molar-refractivity contribution in [2.75, 3.05) is 0 Å². The molecule has 4 aliphatic rings. The van der Waals surface area contributed by atoms with Crippen LogP contribution < -0.4 is 0 Å². The Morgan fingerprint density at radius 3 is 1.75 bits per heavy atom. The first-order chi connectivity index (χ1) is 9.34. The van der Waals surface area contributed by atoms with Crippen molar-refractivity contribution in [1.29, 1.82) is 0 Å². The van der Waals surface area contributed by atoms with E-state index in [4.69, 9.17) is 0 Å². The third-order valence-electron chi connectivity index (χ3n) is 5.06. The number of aromatic nitrogens is 2. The molecule has 1 aromatic rings. The summed E-state index contributed by atoms with van der Waals surface area (Å²) in [6, 6.07) is 0. The van der Waals surface area contributed by atoms with E-state index in [1.807, 2.05) is 12.5 Å². The lowest BCUT2D eigenvalue weighted by atomic mass is 9.53. The van der Waals surface area contributed by atoms with E-state index in [2.05, 4.69) is 15.7 Å². The van der Waals surface area contributed by atoms with Crippen molar-refractivity contribution in [2.45, 2.75) is 44.1 Å². The molecule has 0 spiro atoms. The molecule has 0 atom stereocenters. The molecule has 0 saturated heterocycles. The fraction of sp³-hybridized carbons (Fsp3) is 0.769. The van der Waals surface area contributed by atoms with E-state index in [1.165, 1.54) is 38.5 Å². The van der Waals surface area contributed by atoms with E-state index in [0.29, 0.717) is 5.54 Å². The number of halogens is 4. The van der Waals surface area contributed by atoms with Gasteiger partial charge in [0.25, 0.3) is 0 Å². The Bertz CT molecular complexity index is 416. The minimum absolute atomic E-state index is 0.477. The SMILES string of the molecule is F[B-](F)(F)F.c1cn(C23CC4CC(CC(C4)C2)C3)cn1. The van der Waals surface area contributed by atoms with Gasteiger partial charge in [-0.25, -0.2) is 4.98 Å². The summed E-state index contributed by atoms with van der Waals surface area (Å²) in [5.74, 6) is 3.08. The molecule has 5 rings (SSSR count). The van der Waals surface area contributed by atoms with Crippen molar-refractivity contribution >= 4 is 7.25 Å². The highest BCUT2D eigenvalue weighted by atomic mass is 19.5. The molecule has 112 valence electrons. The topological polar surface area (TPSA) is 17.8 Å². The molecule has 2 nitrogen and oxygen atoms in total. The van der Waals surface area contributed by atoms with Gasteiger partial charge in [-0.1, -0.05) is 0 Å². The normalized spacial score (nSPS) is 38.5. The highest BCUT2D eigenvalue weighted by Gasteiger charge is 2.51. The fourth-order valence-electron chi connectivity index (χ4n) is 4.92. The van der Waals surface area contributed by atoms with Crippen LogP contribution in [0.5, 0.6) is 0 Å². The molecule has 4 saturated carbocycles. The van der Waals surface area contributed by atoms with E-state index in [1.54, 1.807) is 0 Å². The number of rotatable bonds is 1. The second kappa shape index (κ2) is 4.77. The van der Waals surface area contributed by atoms with Gasteiger partial charge in [0.2, 0.25) is 0 Å². The first kappa shape index (κ1) is 14.0. The van der Waals surface area contributed by atoms with Gasteiger partial charge in [0, 0.05) is 17.9 Å². The first-order valence-corrected chi connectivity index (χ1v) is 7.20. The van der Waals surface area contributed by atoms with Gasteiger partial charge in [-0.2, -0.15) is 0 Å². The second-order valence-corrected chi connectivity index (χ2v) is 6.61. The third-order valence-corrected chi connectivity index (χ3v) is 5.06. The van der Waals surface area contributed by atoms with E-state index < -0.39 is 7.25 Å². The van der Waals surface area contributed by atoms with Gasteiger partial charge in [-0.15, -0.1) is 0 Å². The molecule has 0 amide bonds. The van der Waals surface area contributed by atoms with Crippen LogP contribution in [0.2, 0.25) is 0 Å². The number of hydrogen-bond acceptors (Lipinski definition) is 1. The Hall–Kier alpha value is -1.01. The van der Waals surface area contributed by atoms with Crippen molar-refractivity contribution in [3.8, 4) is 0 Å². The zero-order valence-electron chi connectivity index (χ0n) is 11.2. The fourth-order valence-corrected chi connectivity index (χ4v) is 4.92. The maximum absolute atomic E-state index is 9.75. The van der Waals surface area contributed by atoms with E-state index in [0.717, 1.165) is 17.8 Å². The summed E-state index contributed by atoms with van der Waals surface area (Å²) in [4.78, 5) is 4.24. The van der Waals surface area contributed by atoms with Gasteiger partial charge >= 0.3 is 7.25 Å². The van der Waals surface area contributed by atoms with Gasteiger partial charge in [0.1, 0.15) is 0 Å². The predicted octanol–water partition coefficient (Wildman–Crippen LogP) is 4.11. The smallest absolute Gasteiger partial charge is 0.418 e. The monoisotopic (exact) mass is 289 g/mol. The van der Waals surface area contributed by atoms with Crippen LogP contribution in [-0.2, 0) is 5.54 Å². The summed E-state index contributed by atoms with van der Waals surface area (Å²) in [5, 5.41) is 0. The lowest BCUT2D eigenvalue weighted by molar-refractivity contribution is -0.0431. The molecule has 0 radical (unpaired) electrons. The minimum atomic E-state index is -6.00. The van der Waals surface area contributed by atoms with Gasteiger partial charge in [-0.05, 0) is 56.3 Å². The van der Waals surface area contributed by atoms with Gasteiger partial charge in [0.15, 0.2) is 0 Å². The van der Waals surface area contributed by atoms with Crippen LogP contribution in [0, 0.1) is 17.8 Å². The Kier molecular flexibility index (Phi) is 3.33. The van der Waals surface area contributed by atoms with Crippen molar-refractivity contribution in [3.05, 3.63) is 18.7 Å². The standard InChI is InChI=1S/C13H18N2.BF4/c1-2-15(9-14-1)13-6-10-3-11(7-13)5-12(4-10)8-13;2-1(3,4)5/h1-2,9-12H,3-8H2;/q;-1.